The Kier molecular flexibility index (Phi) is 6.02. The van der Waals surface area contributed by atoms with Crippen LogP contribution in [0.5, 0.6) is 5.75 Å². The van der Waals surface area contributed by atoms with Gasteiger partial charge in [0.25, 0.3) is 5.91 Å². The van der Waals surface area contributed by atoms with Crippen LogP contribution in [0.4, 0.5) is 4.39 Å². The van der Waals surface area contributed by atoms with Crippen molar-refractivity contribution in [3.05, 3.63) is 65.0 Å². The molecule has 0 aliphatic carbocycles. The first-order valence-electron chi connectivity index (χ1n) is 7.54. The molecule has 0 spiro atoms. The highest BCUT2D eigenvalue weighted by molar-refractivity contribution is 6.01. The van der Waals surface area contributed by atoms with Crippen LogP contribution in [-0.2, 0) is 6.54 Å². The molecule has 0 radical (unpaired) electrons. The number of methoxy groups -OCH3 is 1. The van der Waals surface area contributed by atoms with Crippen LogP contribution < -0.4 is 10.1 Å². The fourth-order valence-corrected chi connectivity index (χ4v) is 2.23. The number of nitriles is 2. The third kappa shape index (κ3) is 4.22. The summed E-state index contributed by atoms with van der Waals surface area (Å²) in [6.07, 6.45) is 0. The highest BCUT2D eigenvalue weighted by atomic mass is 19.1. The Morgan fingerprint density at radius 1 is 1.15 bits per heavy atom. The number of amides is 1. The molecule has 0 aliphatic rings. The molecule has 0 bridgehead atoms. The van der Waals surface area contributed by atoms with E-state index in [2.05, 4.69) is 5.32 Å². The number of carbonyl (C=O) groups is 2. The van der Waals surface area contributed by atoms with Crippen molar-refractivity contribution < 1.29 is 18.7 Å². The van der Waals surface area contributed by atoms with Crippen LogP contribution in [0.3, 0.4) is 0 Å². The Bertz CT molecular complexity index is 897. The van der Waals surface area contributed by atoms with Gasteiger partial charge in [0, 0.05) is 12.1 Å². The Balaban J connectivity index is 2.06. The molecule has 0 saturated carbocycles. The van der Waals surface area contributed by atoms with E-state index in [9.17, 15) is 14.0 Å². The summed E-state index contributed by atoms with van der Waals surface area (Å²) in [4.78, 5) is 24.1. The van der Waals surface area contributed by atoms with Gasteiger partial charge in [0.15, 0.2) is 11.7 Å². The van der Waals surface area contributed by atoms with E-state index in [1.807, 2.05) is 0 Å². The molecule has 1 N–H and O–H groups in total. The number of halogens is 1. The Hall–Kier alpha value is -3.71. The predicted octanol–water partition coefficient (Wildman–Crippen LogP) is 2.61. The first-order chi connectivity index (χ1) is 12.5. The van der Waals surface area contributed by atoms with E-state index < -0.39 is 23.4 Å². The number of nitrogens with one attached hydrogen (secondary N) is 1. The lowest BCUT2D eigenvalue weighted by molar-refractivity contribution is 0.0944. The molecule has 0 saturated heterocycles. The van der Waals surface area contributed by atoms with E-state index in [4.69, 9.17) is 15.3 Å². The van der Waals surface area contributed by atoms with Gasteiger partial charge in [-0.25, -0.2) is 4.39 Å². The Morgan fingerprint density at radius 3 is 2.38 bits per heavy atom. The summed E-state index contributed by atoms with van der Waals surface area (Å²) in [5, 5.41) is 20.1. The van der Waals surface area contributed by atoms with E-state index in [-0.39, 0.29) is 23.4 Å². The van der Waals surface area contributed by atoms with Crippen molar-refractivity contribution in [3.8, 4) is 17.9 Å². The monoisotopic (exact) mass is 351 g/mol. The fraction of sp³-hybridized carbons (Fsp3) is 0.158. The quantitative estimate of drug-likeness (QED) is 0.806. The minimum absolute atomic E-state index is 0.0742. The topological polar surface area (TPSA) is 103 Å². The van der Waals surface area contributed by atoms with Gasteiger partial charge in [0.2, 0.25) is 0 Å². The second kappa shape index (κ2) is 8.41. The van der Waals surface area contributed by atoms with Crippen LogP contribution in [0.1, 0.15) is 26.3 Å². The van der Waals surface area contributed by atoms with Gasteiger partial charge in [0.1, 0.15) is 11.6 Å². The number of hydrogen-bond acceptors (Lipinski definition) is 5. The predicted molar refractivity (Wildman–Crippen MR) is 89.6 cm³/mol. The number of rotatable bonds is 6. The minimum atomic E-state index is -1.35. The highest BCUT2D eigenvalue weighted by Crippen LogP contribution is 2.19. The lowest BCUT2D eigenvalue weighted by atomic mass is 9.99. The normalized spacial score (nSPS) is 9.88. The molecule has 0 fully saturated rings. The zero-order valence-electron chi connectivity index (χ0n) is 13.8. The number of nitrogens with zero attached hydrogens (tertiary/aromatic N) is 2. The molecule has 2 aromatic rings. The van der Waals surface area contributed by atoms with Crippen molar-refractivity contribution >= 4 is 11.7 Å². The van der Waals surface area contributed by atoms with E-state index in [1.165, 1.54) is 31.4 Å². The number of ether oxygens (including phenoxy) is 1. The molecule has 130 valence electrons. The number of hydrogen-bond donors (Lipinski definition) is 1. The van der Waals surface area contributed by atoms with Crippen LogP contribution in [-0.4, -0.2) is 18.8 Å². The van der Waals surface area contributed by atoms with Crippen molar-refractivity contribution in [2.75, 3.05) is 7.11 Å². The van der Waals surface area contributed by atoms with E-state index in [1.54, 1.807) is 24.3 Å². The number of Topliss-reactive ketones (excluding diaryl/α,β-unsaturated/α-hetero) is 1. The molecule has 7 heteroatoms. The summed E-state index contributed by atoms with van der Waals surface area (Å²) < 4.78 is 18.4. The summed E-state index contributed by atoms with van der Waals surface area (Å²) in [5.41, 5.74) is 1.00. The Morgan fingerprint density at radius 2 is 1.81 bits per heavy atom. The molecule has 0 heterocycles. The third-order valence-corrected chi connectivity index (χ3v) is 3.62. The molecular weight excluding hydrogens is 337 g/mol. The van der Waals surface area contributed by atoms with Gasteiger partial charge < -0.3 is 10.1 Å². The van der Waals surface area contributed by atoms with Crippen LogP contribution in [0.15, 0.2) is 42.5 Å². The molecule has 6 nitrogen and oxygen atoms in total. The van der Waals surface area contributed by atoms with Crippen molar-refractivity contribution in [1.29, 1.82) is 10.5 Å². The lowest BCUT2D eigenvalue weighted by Gasteiger charge is -2.10. The van der Waals surface area contributed by atoms with Crippen molar-refractivity contribution in [2.45, 2.75) is 6.54 Å². The van der Waals surface area contributed by atoms with Gasteiger partial charge in [-0.15, -0.1) is 0 Å². The van der Waals surface area contributed by atoms with Crippen LogP contribution in [0.2, 0.25) is 0 Å². The van der Waals surface area contributed by atoms with E-state index in [0.717, 1.165) is 6.07 Å². The highest BCUT2D eigenvalue weighted by Gasteiger charge is 2.19. The number of benzene rings is 2. The van der Waals surface area contributed by atoms with Crippen LogP contribution in [0.25, 0.3) is 0 Å². The number of ketones is 1. The lowest BCUT2D eigenvalue weighted by Crippen LogP contribution is -2.23. The SMILES string of the molecule is COc1ccc(F)cc1C(=O)NCc1ccc(C(=O)C(C#N)C#N)cc1. The average Bonchev–Trinajstić information content (AvgIpc) is 2.67. The summed E-state index contributed by atoms with van der Waals surface area (Å²) >= 11 is 0. The largest absolute Gasteiger partial charge is 0.496 e. The first-order valence-corrected chi connectivity index (χ1v) is 7.54. The van der Waals surface area contributed by atoms with Crippen molar-refractivity contribution in [2.24, 2.45) is 5.92 Å². The molecular formula is C19H14FN3O3. The smallest absolute Gasteiger partial charge is 0.255 e. The summed E-state index contributed by atoms with van der Waals surface area (Å²) in [6, 6.07) is 13.1. The molecule has 0 unspecified atom stereocenters. The fourth-order valence-electron chi connectivity index (χ4n) is 2.23. The van der Waals surface area contributed by atoms with Gasteiger partial charge in [-0.05, 0) is 23.8 Å². The molecule has 2 rings (SSSR count). The molecule has 26 heavy (non-hydrogen) atoms. The van der Waals surface area contributed by atoms with Crippen molar-refractivity contribution in [1.82, 2.24) is 5.32 Å². The average molecular weight is 351 g/mol. The summed E-state index contributed by atoms with van der Waals surface area (Å²) in [5.74, 6) is -2.72. The van der Waals surface area contributed by atoms with Gasteiger partial charge >= 0.3 is 0 Å². The van der Waals surface area contributed by atoms with Gasteiger partial charge in [0.05, 0.1) is 24.8 Å². The van der Waals surface area contributed by atoms with E-state index in [0.29, 0.717) is 5.56 Å². The van der Waals surface area contributed by atoms with E-state index >= 15 is 0 Å². The molecule has 0 aromatic heterocycles. The second-order valence-electron chi connectivity index (χ2n) is 5.28. The molecule has 0 aliphatic heterocycles. The maximum atomic E-state index is 13.3. The molecule has 2 aromatic carbocycles. The maximum Gasteiger partial charge on any atom is 0.255 e. The molecule has 1 amide bonds. The van der Waals surface area contributed by atoms with Gasteiger partial charge in [-0.1, -0.05) is 24.3 Å². The molecule has 0 atom stereocenters. The summed E-state index contributed by atoms with van der Waals surface area (Å²) in [7, 11) is 1.38. The third-order valence-electron chi connectivity index (χ3n) is 3.62. The zero-order chi connectivity index (χ0) is 19.1. The van der Waals surface area contributed by atoms with Crippen LogP contribution >= 0.6 is 0 Å². The maximum absolute atomic E-state index is 13.3. The van der Waals surface area contributed by atoms with Gasteiger partial charge in [-0.2, -0.15) is 10.5 Å². The second-order valence-corrected chi connectivity index (χ2v) is 5.28. The standard InChI is InChI=1S/C19H14FN3O3/c1-26-17-7-6-15(20)8-16(17)19(25)23-11-12-2-4-13(5-3-12)18(24)14(9-21)10-22/h2-8,14H,11H2,1H3,(H,23,25). The minimum Gasteiger partial charge on any atom is -0.496 e. The Labute approximate surface area is 149 Å². The van der Waals surface area contributed by atoms with Crippen molar-refractivity contribution in [3.63, 3.8) is 0 Å². The number of carbonyl (C=O) groups excluding carboxylic acids is 2. The zero-order valence-corrected chi connectivity index (χ0v) is 13.8. The summed E-state index contributed by atoms with van der Waals surface area (Å²) in [6.45, 7) is 0.146. The van der Waals surface area contributed by atoms with Gasteiger partial charge in [-0.3, -0.25) is 9.59 Å². The van der Waals surface area contributed by atoms with Crippen LogP contribution in [0, 0.1) is 34.4 Å². The first kappa shape index (κ1) is 18.6.